The number of carbonyl (C=O) groups is 3. The van der Waals surface area contributed by atoms with Crippen molar-refractivity contribution in [2.45, 2.75) is 18.9 Å². The summed E-state index contributed by atoms with van der Waals surface area (Å²) in [5, 5.41) is 20.8. The lowest BCUT2D eigenvalue weighted by Crippen LogP contribution is -2.41. The van der Waals surface area contributed by atoms with Crippen LogP contribution in [0.2, 0.25) is 0 Å². The molecular formula is C15H14N2O5. The molecule has 2 rings (SSSR count). The van der Waals surface area contributed by atoms with E-state index >= 15 is 0 Å². The second kappa shape index (κ2) is 6.66. The van der Waals surface area contributed by atoms with Gasteiger partial charge in [0.1, 0.15) is 11.7 Å². The van der Waals surface area contributed by atoms with Crippen molar-refractivity contribution in [2.24, 2.45) is 0 Å². The Balaban J connectivity index is 2.14. The van der Waals surface area contributed by atoms with Gasteiger partial charge in [0.15, 0.2) is 0 Å². The van der Waals surface area contributed by atoms with E-state index in [0.29, 0.717) is 5.52 Å². The minimum Gasteiger partial charge on any atom is -0.481 e. The number of nitrogens with one attached hydrogen (secondary N) is 1. The van der Waals surface area contributed by atoms with Crippen LogP contribution < -0.4 is 5.32 Å². The summed E-state index contributed by atoms with van der Waals surface area (Å²) >= 11 is 0. The van der Waals surface area contributed by atoms with Gasteiger partial charge in [0.2, 0.25) is 0 Å². The lowest BCUT2D eigenvalue weighted by atomic mass is 10.1. The van der Waals surface area contributed by atoms with Gasteiger partial charge in [0.05, 0.1) is 5.52 Å². The third-order valence-electron chi connectivity index (χ3n) is 3.08. The summed E-state index contributed by atoms with van der Waals surface area (Å²) in [7, 11) is 0. The fraction of sp³-hybridized carbons (Fsp3) is 0.200. The van der Waals surface area contributed by atoms with E-state index in [0.717, 1.165) is 5.39 Å². The Bertz CT molecular complexity index is 729. The lowest BCUT2D eigenvalue weighted by molar-refractivity contribution is -0.140. The second-order valence-electron chi connectivity index (χ2n) is 4.69. The van der Waals surface area contributed by atoms with Crippen molar-refractivity contribution in [2.75, 3.05) is 0 Å². The van der Waals surface area contributed by atoms with Crippen LogP contribution in [0.5, 0.6) is 0 Å². The average Bonchev–Trinajstić information content (AvgIpc) is 2.50. The molecule has 1 aromatic heterocycles. The first kappa shape index (κ1) is 15.4. The molecule has 0 saturated carbocycles. The number of aliphatic carboxylic acids is 2. The smallest absolute Gasteiger partial charge is 0.326 e. The number of fused-ring (bicyclic) bond motifs is 1. The van der Waals surface area contributed by atoms with E-state index in [4.69, 9.17) is 10.2 Å². The molecule has 0 unspecified atom stereocenters. The standard InChI is InChI=1S/C15H14N2O5/c18-13(19)8-7-12(15(21)22)17-14(20)11-6-5-9-3-1-2-4-10(9)16-11/h1-6,12H,7-8H2,(H,17,20)(H,18,19)(H,21,22)/t12-/m0/s1. The van der Waals surface area contributed by atoms with Crippen molar-refractivity contribution < 1.29 is 24.6 Å². The first-order valence-corrected chi connectivity index (χ1v) is 6.58. The molecule has 1 atom stereocenters. The van der Waals surface area contributed by atoms with Gasteiger partial charge in [-0.15, -0.1) is 0 Å². The first-order valence-electron chi connectivity index (χ1n) is 6.58. The van der Waals surface area contributed by atoms with E-state index in [1.54, 1.807) is 18.2 Å². The van der Waals surface area contributed by atoms with Crippen LogP contribution in [0.4, 0.5) is 0 Å². The van der Waals surface area contributed by atoms with Crippen LogP contribution >= 0.6 is 0 Å². The van der Waals surface area contributed by atoms with E-state index in [1.807, 2.05) is 12.1 Å². The summed E-state index contributed by atoms with van der Waals surface area (Å²) in [5.41, 5.74) is 0.702. The molecule has 22 heavy (non-hydrogen) atoms. The summed E-state index contributed by atoms with van der Waals surface area (Å²) in [6, 6.07) is 9.15. The van der Waals surface area contributed by atoms with Gasteiger partial charge in [0.25, 0.3) is 5.91 Å². The monoisotopic (exact) mass is 302 g/mol. The van der Waals surface area contributed by atoms with E-state index in [9.17, 15) is 14.4 Å². The van der Waals surface area contributed by atoms with Crippen LogP contribution in [-0.2, 0) is 9.59 Å². The number of hydrogen-bond donors (Lipinski definition) is 3. The number of nitrogens with zero attached hydrogens (tertiary/aromatic N) is 1. The van der Waals surface area contributed by atoms with Gasteiger partial charge in [-0.05, 0) is 18.6 Å². The van der Waals surface area contributed by atoms with Gasteiger partial charge >= 0.3 is 11.9 Å². The van der Waals surface area contributed by atoms with Gasteiger partial charge in [-0.2, -0.15) is 0 Å². The number of amides is 1. The molecule has 0 fully saturated rings. The predicted octanol–water partition coefficient (Wildman–Crippen LogP) is 1.28. The second-order valence-corrected chi connectivity index (χ2v) is 4.69. The number of benzene rings is 1. The molecule has 1 amide bonds. The highest BCUT2D eigenvalue weighted by Gasteiger charge is 2.22. The highest BCUT2D eigenvalue weighted by molar-refractivity contribution is 5.97. The van der Waals surface area contributed by atoms with Gasteiger partial charge in [-0.25, -0.2) is 9.78 Å². The molecule has 114 valence electrons. The Labute approximate surface area is 125 Å². The highest BCUT2D eigenvalue weighted by Crippen LogP contribution is 2.12. The van der Waals surface area contributed by atoms with Crippen molar-refractivity contribution in [1.29, 1.82) is 0 Å². The Morgan fingerprint density at radius 1 is 1.09 bits per heavy atom. The minimum absolute atomic E-state index is 0.0836. The largest absolute Gasteiger partial charge is 0.481 e. The van der Waals surface area contributed by atoms with Crippen molar-refractivity contribution in [1.82, 2.24) is 10.3 Å². The zero-order valence-electron chi connectivity index (χ0n) is 11.5. The third kappa shape index (κ3) is 3.78. The van der Waals surface area contributed by atoms with Gasteiger partial charge in [-0.3, -0.25) is 9.59 Å². The van der Waals surface area contributed by atoms with Crippen LogP contribution in [0.1, 0.15) is 23.3 Å². The summed E-state index contributed by atoms with van der Waals surface area (Å²) in [6.45, 7) is 0. The quantitative estimate of drug-likeness (QED) is 0.740. The van der Waals surface area contributed by atoms with E-state index in [-0.39, 0.29) is 18.5 Å². The summed E-state index contributed by atoms with van der Waals surface area (Å²) < 4.78 is 0. The molecule has 2 aromatic rings. The normalized spacial score (nSPS) is 11.8. The molecule has 0 saturated heterocycles. The molecule has 1 heterocycles. The highest BCUT2D eigenvalue weighted by atomic mass is 16.4. The van der Waals surface area contributed by atoms with Crippen LogP contribution in [0.25, 0.3) is 10.9 Å². The zero-order chi connectivity index (χ0) is 16.1. The molecule has 7 nitrogen and oxygen atoms in total. The molecule has 0 aliphatic heterocycles. The molecule has 1 aromatic carbocycles. The van der Waals surface area contributed by atoms with E-state index in [1.165, 1.54) is 6.07 Å². The van der Waals surface area contributed by atoms with Gasteiger partial charge in [-0.1, -0.05) is 24.3 Å². The van der Waals surface area contributed by atoms with Crippen LogP contribution in [-0.4, -0.2) is 39.1 Å². The van der Waals surface area contributed by atoms with E-state index in [2.05, 4.69) is 10.3 Å². The topological polar surface area (TPSA) is 117 Å². The lowest BCUT2D eigenvalue weighted by Gasteiger charge is -2.13. The first-order chi connectivity index (χ1) is 10.5. The molecule has 0 aliphatic rings. The molecule has 0 radical (unpaired) electrons. The Kier molecular flexibility index (Phi) is 4.67. The van der Waals surface area contributed by atoms with Crippen molar-refractivity contribution in [3.8, 4) is 0 Å². The van der Waals surface area contributed by atoms with Gasteiger partial charge in [0, 0.05) is 11.8 Å². The maximum Gasteiger partial charge on any atom is 0.326 e. The molecule has 0 aliphatic carbocycles. The number of hydrogen-bond acceptors (Lipinski definition) is 4. The molecule has 0 bridgehead atoms. The van der Waals surface area contributed by atoms with Crippen molar-refractivity contribution in [3.63, 3.8) is 0 Å². The number of pyridine rings is 1. The van der Waals surface area contributed by atoms with Crippen LogP contribution in [0.15, 0.2) is 36.4 Å². The minimum atomic E-state index is -1.28. The molecule has 3 N–H and O–H groups in total. The maximum absolute atomic E-state index is 12.1. The Morgan fingerprint density at radius 2 is 1.82 bits per heavy atom. The van der Waals surface area contributed by atoms with E-state index < -0.39 is 23.9 Å². The summed E-state index contributed by atoms with van der Waals surface area (Å²) in [6.07, 6.45) is -0.535. The number of aromatic nitrogens is 1. The van der Waals surface area contributed by atoms with Crippen molar-refractivity contribution in [3.05, 3.63) is 42.1 Å². The molecule has 7 heteroatoms. The Hall–Kier alpha value is -2.96. The average molecular weight is 302 g/mol. The summed E-state index contributed by atoms with van der Waals surface area (Å²) in [4.78, 5) is 37.8. The number of para-hydroxylation sites is 1. The Morgan fingerprint density at radius 3 is 2.50 bits per heavy atom. The SMILES string of the molecule is O=C(O)CC[C@H](NC(=O)c1ccc2ccccc2n1)C(=O)O. The fourth-order valence-corrected chi connectivity index (χ4v) is 1.95. The fourth-order valence-electron chi connectivity index (χ4n) is 1.95. The summed E-state index contributed by atoms with van der Waals surface area (Å²) in [5.74, 6) is -3.05. The van der Waals surface area contributed by atoms with Gasteiger partial charge < -0.3 is 15.5 Å². The van der Waals surface area contributed by atoms with Crippen LogP contribution in [0.3, 0.4) is 0 Å². The molecular weight excluding hydrogens is 288 g/mol. The number of rotatable bonds is 6. The maximum atomic E-state index is 12.1. The zero-order valence-corrected chi connectivity index (χ0v) is 11.5. The molecule has 0 spiro atoms. The van der Waals surface area contributed by atoms with Crippen molar-refractivity contribution >= 4 is 28.7 Å². The number of carboxylic acids is 2. The number of carboxylic acid groups (broad SMARTS) is 2. The van der Waals surface area contributed by atoms with Crippen LogP contribution in [0, 0.1) is 0 Å². The number of carbonyl (C=O) groups excluding carboxylic acids is 1. The third-order valence-corrected chi connectivity index (χ3v) is 3.08. The predicted molar refractivity (Wildman–Crippen MR) is 77.5 cm³/mol.